The molecule has 0 spiro atoms. The molecular formula is C19H26N2O3. The molecule has 5 heteroatoms. The van der Waals surface area contributed by atoms with Crippen molar-refractivity contribution in [3.05, 3.63) is 36.0 Å². The fourth-order valence-electron chi connectivity index (χ4n) is 2.54. The Morgan fingerprint density at radius 1 is 1.29 bits per heavy atom. The minimum absolute atomic E-state index is 0.187. The summed E-state index contributed by atoms with van der Waals surface area (Å²) in [5.41, 5.74) is 1.17. The van der Waals surface area contributed by atoms with E-state index in [1.807, 2.05) is 24.3 Å². The first-order valence-electron chi connectivity index (χ1n) is 8.57. The molecule has 1 amide bonds. The van der Waals surface area contributed by atoms with E-state index < -0.39 is 0 Å². The molecule has 0 bridgehead atoms. The molecule has 0 fully saturated rings. The van der Waals surface area contributed by atoms with Gasteiger partial charge in [-0.05, 0) is 36.6 Å². The zero-order chi connectivity index (χ0) is 17.4. The second kappa shape index (κ2) is 9.11. The van der Waals surface area contributed by atoms with E-state index in [1.54, 1.807) is 13.2 Å². The third-order valence-electron chi connectivity index (χ3n) is 4.21. The van der Waals surface area contributed by atoms with Gasteiger partial charge >= 0.3 is 0 Å². The molecule has 1 aromatic heterocycles. The summed E-state index contributed by atoms with van der Waals surface area (Å²) in [6.45, 7) is 5.02. The zero-order valence-corrected chi connectivity index (χ0v) is 14.7. The molecule has 0 saturated carbocycles. The van der Waals surface area contributed by atoms with Gasteiger partial charge in [0.2, 0.25) is 0 Å². The molecule has 0 aliphatic carbocycles. The predicted molar refractivity (Wildman–Crippen MR) is 94.1 cm³/mol. The highest BCUT2D eigenvalue weighted by Gasteiger charge is 2.15. The lowest BCUT2D eigenvalue weighted by atomic mass is 9.99. The van der Waals surface area contributed by atoms with Crippen molar-refractivity contribution in [3.8, 4) is 17.1 Å². The highest BCUT2D eigenvalue weighted by molar-refractivity contribution is 5.93. The average Bonchev–Trinajstić information content (AvgIpc) is 3.12. The first kappa shape index (κ1) is 18.0. The maximum Gasteiger partial charge on any atom is 0.273 e. The fraction of sp³-hybridized carbons (Fsp3) is 0.474. The van der Waals surface area contributed by atoms with Gasteiger partial charge in [0.05, 0.1) is 7.11 Å². The summed E-state index contributed by atoms with van der Waals surface area (Å²) in [7, 11) is 1.62. The Bertz CT molecular complexity index is 634. The number of hydrogen-bond acceptors (Lipinski definition) is 4. The van der Waals surface area contributed by atoms with Crippen molar-refractivity contribution >= 4 is 5.91 Å². The molecule has 2 aromatic rings. The van der Waals surface area contributed by atoms with Gasteiger partial charge in [0.15, 0.2) is 11.5 Å². The molecule has 130 valence electrons. The molecule has 1 N–H and O–H groups in total. The highest BCUT2D eigenvalue weighted by atomic mass is 16.5. The van der Waals surface area contributed by atoms with Gasteiger partial charge in [0, 0.05) is 18.2 Å². The number of carbonyl (C=O) groups is 1. The van der Waals surface area contributed by atoms with Crippen molar-refractivity contribution in [1.82, 2.24) is 10.5 Å². The van der Waals surface area contributed by atoms with Gasteiger partial charge in [-0.25, -0.2) is 0 Å². The average molecular weight is 330 g/mol. The molecule has 1 unspecified atom stereocenters. The van der Waals surface area contributed by atoms with E-state index in [4.69, 9.17) is 9.26 Å². The zero-order valence-electron chi connectivity index (χ0n) is 14.7. The standard InChI is InChI=1S/C19H26N2O3/c1-4-6-7-14(5-2)13-20-19(22)17-12-18(24-21-17)15-8-10-16(23-3)11-9-15/h8-12,14H,4-7,13H2,1-3H3,(H,20,22). The molecule has 0 radical (unpaired) electrons. The van der Waals surface area contributed by atoms with Crippen molar-refractivity contribution in [2.45, 2.75) is 39.5 Å². The minimum atomic E-state index is -0.187. The van der Waals surface area contributed by atoms with E-state index in [0.29, 0.717) is 23.9 Å². The number of carbonyl (C=O) groups excluding carboxylic acids is 1. The molecule has 0 aliphatic heterocycles. The number of benzene rings is 1. The molecule has 1 aromatic carbocycles. The maximum absolute atomic E-state index is 12.2. The monoisotopic (exact) mass is 330 g/mol. The van der Waals surface area contributed by atoms with E-state index in [-0.39, 0.29) is 5.91 Å². The van der Waals surface area contributed by atoms with Crippen LogP contribution in [-0.2, 0) is 0 Å². The topological polar surface area (TPSA) is 64.4 Å². The largest absolute Gasteiger partial charge is 0.497 e. The molecule has 5 nitrogen and oxygen atoms in total. The van der Waals surface area contributed by atoms with Gasteiger partial charge in [0.25, 0.3) is 5.91 Å². The Labute approximate surface area is 143 Å². The molecule has 0 saturated heterocycles. The van der Waals surface area contributed by atoms with Crippen LogP contribution in [0.1, 0.15) is 50.0 Å². The highest BCUT2D eigenvalue weighted by Crippen LogP contribution is 2.23. The summed E-state index contributed by atoms with van der Waals surface area (Å²) in [6.07, 6.45) is 4.58. The lowest BCUT2D eigenvalue weighted by Crippen LogP contribution is -2.29. The summed E-state index contributed by atoms with van der Waals surface area (Å²) in [5.74, 6) is 1.67. The Morgan fingerprint density at radius 2 is 2.04 bits per heavy atom. The summed E-state index contributed by atoms with van der Waals surface area (Å²) < 4.78 is 10.4. The van der Waals surface area contributed by atoms with Crippen LogP contribution < -0.4 is 10.1 Å². The Balaban J connectivity index is 1.95. The SMILES string of the molecule is CCCCC(CC)CNC(=O)c1cc(-c2ccc(OC)cc2)on1. The smallest absolute Gasteiger partial charge is 0.273 e. The van der Waals surface area contributed by atoms with Gasteiger partial charge in [0.1, 0.15) is 5.75 Å². The van der Waals surface area contributed by atoms with E-state index in [9.17, 15) is 4.79 Å². The van der Waals surface area contributed by atoms with E-state index in [1.165, 1.54) is 12.8 Å². The first-order valence-corrected chi connectivity index (χ1v) is 8.57. The van der Waals surface area contributed by atoms with Crippen LogP contribution in [0, 0.1) is 5.92 Å². The lowest BCUT2D eigenvalue weighted by Gasteiger charge is -2.14. The maximum atomic E-state index is 12.2. The second-order valence-electron chi connectivity index (χ2n) is 5.93. The number of rotatable bonds is 9. The summed E-state index contributed by atoms with van der Waals surface area (Å²) >= 11 is 0. The van der Waals surface area contributed by atoms with Gasteiger partial charge in [-0.15, -0.1) is 0 Å². The number of amides is 1. The van der Waals surface area contributed by atoms with Crippen molar-refractivity contribution in [3.63, 3.8) is 0 Å². The van der Waals surface area contributed by atoms with Gasteiger partial charge in [-0.2, -0.15) is 0 Å². The third kappa shape index (κ3) is 4.85. The minimum Gasteiger partial charge on any atom is -0.497 e. The van der Waals surface area contributed by atoms with Crippen molar-refractivity contribution < 1.29 is 14.1 Å². The van der Waals surface area contributed by atoms with Crippen LogP contribution in [0.25, 0.3) is 11.3 Å². The lowest BCUT2D eigenvalue weighted by molar-refractivity contribution is 0.0937. The van der Waals surface area contributed by atoms with Crippen molar-refractivity contribution in [2.75, 3.05) is 13.7 Å². The molecule has 24 heavy (non-hydrogen) atoms. The van der Waals surface area contributed by atoms with Crippen LogP contribution in [0.3, 0.4) is 0 Å². The Morgan fingerprint density at radius 3 is 2.67 bits per heavy atom. The van der Waals surface area contributed by atoms with Gasteiger partial charge in [-0.3, -0.25) is 4.79 Å². The molecule has 1 heterocycles. The van der Waals surface area contributed by atoms with Crippen LogP contribution >= 0.6 is 0 Å². The van der Waals surface area contributed by atoms with E-state index in [2.05, 4.69) is 24.3 Å². The van der Waals surface area contributed by atoms with Gasteiger partial charge < -0.3 is 14.6 Å². The van der Waals surface area contributed by atoms with Crippen LogP contribution in [0.4, 0.5) is 0 Å². The summed E-state index contributed by atoms with van der Waals surface area (Å²) in [6, 6.07) is 9.11. The van der Waals surface area contributed by atoms with E-state index in [0.717, 1.165) is 24.2 Å². The van der Waals surface area contributed by atoms with E-state index >= 15 is 0 Å². The van der Waals surface area contributed by atoms with Gasteiger partial charge in [-0.1, -0.05) is 38.3 Å². The number of hydrogen-bond donors (Lipinski definition) is 1. The Hall–Kier alpha value is -2.30. The number of nitrogens with zero attached hydrogens (tertiary/aromatic N) is 1. The van der Waals surface area contributed by atoms with Crippen molar-refractivity contribution in [2.24, 2.45) is 5.92 Å². The number of nitrogens with one attached hydrogen (secondary N) is 1. The van der Waals surface area contributed by atoms with Crippen LogP contribution in [0.2, 0.25) is 0 Å². The second-order valence-corrected chi connectivity index (χ2v) is 5.93. The van der Waals surface area contributed by atoms with Crippen LogP contribution in [-0.4, -0.2) is 24.7 Å². The summed E-state index contributed by atoms with van der Waals surface area (Å²) in [5, 5.41) is 6.84. The fourth-order valence-corrected chi connectivity index (χ4v) is 2.54. The third-order valence-corrected chi connectivity index (χ3v) is 4.21. The predicted octanol–water partition coefficient (Wildman–Crippen LogP) is 4.30. The molecule has 2 rings (SSSR count). The molecule has 0 aliphatic rings. The van der Waals surface area contributed by atoms with Crippen LogP contribution in [0.15, 0.2) is 34.9 Å². The number of aromatic nitrogens is 1. The van der Waals surface area contributed by atoms with Crippen LogP contribution in [0.5, 0.6) is 5.75 Å². The summed E-state index contributed by atoms with van der Waals surface area (Å²) in [4.78, 5) is 12.2. The number of methoxy groups -OCH3 is 1. The van der Waals surface area contributed by atoms with Crippen molar-refractivity contribution in [1.29, 1.82) is 0 Å². The molecule has 1 atom stereocenters. The first-order chi connectivity index (χ1) is 11.7. The molecular weight excluding hydrogens is 304 g/mol. The quantitative estimate of drug-likeness (QED) is 0.744. The Kier molecular flexibility index (Phi) is 6.85. The number of unbranched alkanes of at least 4 members (excludes halogenated alkanes) is 1. The number of ether oxygens (including phenoxy) is 1. The normalized spacial score (nSPS) is 12.0.